The Kier molecular flexibility index (Phi) is 7.79. The van der Waals surface area contributed by atoms with Crippen molar-refractivity contribution in [2.45, 2.75) is 58.1 Å². The van der Waals surface area contributed by atoms with Crippen LogP contribution in [-0.2, 0) is 23.1 Å². The predicted octanol–water partition coefficient (Wildman–Crippen LogP) is 3.13. The Balaban J connectivity index is 2.25. The van der Waals surface area contributed by atoms with Crippen LogP contribution >= 0.6 is 11.3 Å². The zero-order valence-corrected chi connectivity index (χ0v) is 19.6. The minimum Gasteiger partial charge on any atom is -0.357 e. The second kappa shape index (κ2) is 9.69. The maximum atomic E-state index is 12.8. The summed E-state index contributed by atoms with van der Waals surface area (Å²) in [6, 6.07) is 6.98. The molecule has 0 aliphatic carbocycles. The van der Waals surface area contributed by atoms with Crippen LogP contribution in [0.25, 0.3) is 0 Å². The van der Waals surface area contributed by atoms with Crippen LogP contribution < -0.4 is 10.0 Å². The highest BCUT2D eigenvalue weighted by molar-refractivity contribution is 7.89. The highest BCUT2D eigenvalue weighted by atomic mass is 32.2. The van der Waals surface area contributed by atoms with Crippen LogP contribution in [0.2, 0.25) is 0 Å². The zero-order chi connectivity index (χ0) is 21.7. The fourth-order valence-electron chi connectivity index (χ4n) is 2.78. The van der Waals surface area contributed by atoms with Crippen LogP contribution in [0.4, 0.5) is 0 Å². The first-order valence-electron chi connectivity index (χ1n) is 9.54. The van der Waals surface area contributed by atoms with Crippen molar-refractivity contribution in [3.05, 3.63) is 45.9 Å². The number of hydrogen-bond donors (Lipinski definition) is 2. The lowest BCUT2D eigenvalue weighted by Gasteiger charge is -2.22. The molecule has 0 amide bonds. The van der Waals surface area contributed by atoms with E-state index in [0.717, 1.165) is 10.7 Å². The summed E-state index contributed by atoms with van der Waals surface area (Å²) in [6.07, 6.45) is 0. The van der Waals surface area contributed by atoms with E-state index < -0.39 is 15.6 Å². The minimum atomic E-state index is -3.64. The molecule has 0 saturated heterocycles. The van der Waals surface area contributed by atoms with Crippen molar-refractivity contribution in [1.29, 1.82) is 0 Å². The van der Waals surface area contributed by atoms with Gasteiger partial charge >= 0.3 is 0 Å². The normalized spacial score (nSPS) is 12.8. The fourth-order valence-corrected chi connectivity index (χ4v) is 5.04. The van der Waals surface area contributed by atoms with Crippen molar-refractivity contribution in [1.82, 2.24) is 19.9 Å². The predicted molar refractivity (Wildman–Crippen MR) is 120 cm³/mol. The van der Waals surface area contributed by atoms with E-state index in [1.807, 2.05) is 58.0 Å². The first-order chi connectivity index (χ1) is 13.5. The molecule has 2 rings (SSSR count). The van der Waals surface area contributed by atoms with Gasteiger partial charge in [-0.2, -0.15) is 0 Å². The fraction of sp³-hybridized carbons (Fsp3) is 0.500. The molecule has 0 bridgehead atoms. The first-order valence-corrected chi connectivity index (χ1v) is 11.9. The Morgan fingerprint density at radius 2 is 1.97 bits per heavy atom. The lowest BCUT2D eigenvalue weighted by atomic mass is 10.1. The average Bonchev–Trinajstić information content (AvgIpc) is 3.01. The molecule has 1 aromatic carbocycles. The molecule has 2 N–H and O–H groups in total. The smallest absolute Gasteiger partial charge is 0.241 e. The number of rotatable bonds is 7. The highest BCUT2D eigenvalue weighted by Gasteiger charge is 2.24. The number of nitrogens with one attached hydrogen (secondary N) is 2. The zero-order valence-electron chi connectivity index (χ0n) is 18.0. The number of aliphatic imine (C=N–C) groups is 1. The summed E-state index contributed by atoms with van der Waals surface area (Å²) in [6.45, 7) is 11.0. The topological polar surface area (TPSA) is 86.7 Å². The van der Waals surface area contributed by atoms with Crippen LogP contribution in [0.3, 0.4) is 0 Å². The molecule has 9 heteroatoms. The Morgan fingerprint density at radius 1 is 1.28 bits per heavy atom. The summed E-state index contributed by atoms with van der Waals surface area (Å²) in [5.74, 6) is 0.703. The quantitative estimate of drug-likeness (QED) is 0.513. The van der Waals surface area contributed by atoms with Gasteiger partial charge in [0.25, 0.3) is 0 Å². The van der Waals surface area contributed by atoms with E-state index in [9.17, 15) is 8.42 Å². The molecule has 2 aromatic rings. The van der Waals surface area contributed by atoms with Crippen LogP contribution in [0.5, 0.6) is 0 Å². The highest BCUT2D eigenvalue weighted by Crippen LogP contribution is 2.19. The van der Waals surface area contributed by atoms with Gasteiger partial charge in [-0.3, -0.25) is 0 Å². The molecule has 7 nitrogen and oxygen atoms in total. The van der Waals surface area contributed by atoms with Gasteiger partial charge in [-0.25, -0.2) is 23.1 Å². The third-order valence-corrected chi connectivity index (χ3v) is 6.54. The minimum absolute atomic E-state index is 0.254. The molecule has 0 fully saturated rings. The standard InChI is InChI=1S/C20H31N5O2S2/c1-7-21-19(25(6)13-17-14-28-15(2)23-17)22-12-16-10-8-9-11-18(16)29(26,27)24-20(3,4)5/h8-11,14,24H,7,12-13H2,1-6H3,(H,21,22). The third-order valence-electron chi connectivity index (χ3n) is 3.86. The summed E-state index contributed by atoms with van der Waals surface area (Å²) in [5, 5.41) is 6.33. The summed E-state index contributed by atoms with van der Waals surface area (Å²) in [5.41, 5.74) is 1.08. The van der Waals surface area contributed by atoms with E-state index in [4.69, 9.17) is 0 Å². The SMILES string of the molecule is CCNC(=NCc1ccccc1S(=O)(=O)NC(C)(C)C)N(C)Cc1csc(C)n1. The Bertz CT molecular complexity index is 946. The molecule has 1 heterocycles. The van der Waals surface area contributed by atoms with E-state index in [1.165, 1.54) is 0 Å². The van der Waals surface area contributed by atoms with Crippen LogP contribution in [0.1, 0.15) is 44.0 Å². The molecule has 0 spiro atoms. The van der Waals surface area contributed by atoms with E-state index in [-0.39, 0.29) is 11.4 Å². The summed E-state index contributed by atoms with van der Waals surface area (Å²) in [4.78, 5) is 11.4. The number of aryl methyl sites for hydroxylation is 1. The van der Waals surface area contributed by atoms with Crippen molar-refractivity contribution < 1.29 is 8.42 Å². The molecule has 0 aliphatic rings. The maximum Gasteiger partial charge on any atom is 0.241 e. The lowest BCUT2D eigenvalue weighted by molar-refractivity contribution is 0.470. The van der Waals surface area contributed by atoms with Gasteiger partial charge in [0.15, 0.2) is 5.96 Å². The monoisotopic (exact) mass is 437 g/mol. The molecular formula is C20H31N5O2S2. The molecular weight excluding hydrogens is 406 g/mol. The van der Waals surface area contributed by atoms with Crippen molar-refractivity contribution in [3.8, 4) is 0 Å². The summed E-state index contributed by atoms with van der Waals surface area (Å²) >= 11 is 1.62. The van der Waals surface area contributed by atoms with Gasteiger partial charge in [0, 0.05) is 24.5 Å². The van der Waals surface area contributed by atoms with E-state index in [0.29, 0.717) is 24.6 Å². The van der Waals surface area contributed by atoms with Crippen molar-refractivity contribution in [2.75, 3.05) is 13.6 Å². The van der Waals surface area contributed by atoms with E-state index >= 15 is 0 Å². The number of guanidine groups is 1. The number of benzene rings is 1. The first kappa shape index (κ1) is 23.3. The molecule has 1 aromatic heterocycles. The van der Waals surface area contributed by atoms with Gasteiger partial charge in [0.2, 0.25) is 10.0 Å². The maximum absolute atomic E-state index is 12.8. The van der Waals surface area contributed by atoms with Gasteiger partial charge in [-0.05, 0) is 46.2 Å². The van der Waals surface area contributed by atoms with Gasteiger partial charge in [0.05, 0.1) is 28.7 Å². The molecule has 0 radical (unpaired) electrons. The van der Waals surface area contributed by atoms with Crippen LogP contribution in [-0.4, -0.2) is 43.4 Å². The number of thiazole rings is 1. The van der Waals surface area contributed by atoms with Gasteiger partial charge < -0.3 is 10.2 Å². The molecule has 0 saturated carbocycles. The van der Waals surface area contributed by atoms with Crippen molar-refractivity contribution in [2.24, 2.45) is 4.99 Å². The molecule has 0 aliphatic heterocycles. The van der Waals surface area contributed by atoms with Gasteiger partial charge in [-0.15, -0.1) is 11.3 Å². The lowest BCUT2D eigenvalue weighted by Crippen LogP contribution is -2.41. The average molecular weight is 438 g/mol. The van der Waals surface area contributed by atoms with Crippen LogP contribution in [0.15, 0.2) is 39.5 Å². The Morgan fingerprint density at radius 3 is 2.55 bits per heavy atom. The van der Waals surface area contributed by atoms with Gasteiger partial charge in [0.1, 0.15) is 0 Å². The Labute approximate surface area is 178 Å². The summed E-state index contributed by atoms with van der Waals surface area (Å²) < 4.78 is 28.4. The van der Waals surface area contributed by atoms with Gasteiger partial charge in [-0.1, -0.05) is 18.2 Å². The van der Waals surface area contributed by atoms with Crippen LogP contribution in [0, 0.1) is 6.92 Å². The summed E-state index contributed by atoms with van der Waals surface area (Å²) in [7, 11) is -1.69. The van der Waals surface area contributed by atoms with Crippen molar-refractivity contribution >= 4 is 27.3 Å². The molecule has 160 valence electrons. The number of nitrogens with zero attached hydrogens (tertiary/aromatic N) is 3. The second-order valence-electron chi connectivity index (χ2n) is 7.85. The Hall–Kier alpha value is -1.97. The second-order valence-corrected chi connectivity index (χ2v) is 10.6. The molecule has 0 unspecified atom stereocenters. The largest absolute Gasteiger partial charge is 0.357 e. The third kappa shape index (κ3) is 7.09. The number of hydrogen-bond acceptors (Lipinski definition) is 5. The van der Waals surface area contributed by atoms with Crippen molar-refractivity contribution in [3.63, 3.8) is 0 Å². The number of sulfonamides is 1. The van der Waals surface area contributed by atoms with E-state index in [2.05, 4.69) is 20.0 Å². The molecule has 0 atom stereocenters. The molecule has 29 heavy (non-hydrogen) atoms. The number of aromatic nitrogens is 1. The van der Waals surface area contributed by atoms with E-state index in [1.54, 1.807) is 29.5 Å².